The van der Waals surface area contributed by atoms with Crippen LogP contribution in [0.5, 0.6) is 0 Å². The maximum Gasteiger partial charge on any atom is 0.337 e. The van der Waals surface area contributed by atoms with Crippen molar-refractivity contribution in [2.24, 2.45) is 0 Å². The number of amides is 2. The Bertz CT molecular complexity index is 897. The Hall–Kier alpha value is -3.15. The van der Waals surface area contributed by atoms with Crippen LogP contribution < -0.4 is 0 Å². The van der Waals surface area contributed by atoms with Gasteiger partial charge in [-0.2, -0.15) is 0 Å². The van der Waals surface area contributed by atoms with Gasteiger partial charge in [-0.05, 0) is 41.8 Å². The van der Waals surface area contributed by atoms with Gasteiger partial charge in [-0.1, -0.05) is 32.0 Å². The van der Waals surface area contributed by atoms with Gasteiger partial charge in [0.05, 0.1) is 12.7 Å². The highest BCUT2D eigenvalue weighted by Crippen LogP contribution is 2.17. The molecular formula is C23H26N2O4. The van der Waals surface area contributed by atoms with Crippen molar-refractivity contribution in [3.8, 4) is 0 Å². The largest absolute Gasteiger partial charge is 0.465 e. The second-order valence-corrected chi connectivity index (χ2v) is 7.43. The molecule has 0 aliphatic carbocycles. The first kappa shape index (κ1) is 20.6. The van der Waals surface area contributed by atoms with Crippen molar-refractivity contribution in [1.29, 1.82) is 0 Å². The minimum atomic E-state index is -0.474. The van der Waals surface area contributed by atoms with Gasteiger partial charge < -0.3 is 14.5 Å². The quantitative estimate of drug-likeness (QED) is 0.747. The van der Waals surface area contributed by atoms with Gasteiger partial charge in [0.15, 0.2) is 0 Å². The molecule has 0 spiro atoms. The van der Waals surface area contributed by atoms with Crippen LogP contribution in [-0.4, -0.2) is 60.9 Å². The maximum atomic E-state index is 12.8. The number of carbonyl (C=O) groups excluding carboxylic acids is 3. The Morgan fingerprint density at radius 2 is 1.31 bits per heavy atom. The molecule has 0 aromatic heterocycles. The van der Waals surface area contributed by atoms with E-state index in [-0.39, 0.29) is 11.8 Å². The van der Waals surface area contributed by atoms with Crippen LogP contribution >= 0.6 is 0 Å². The van der Waals surface area contributed by atoms with Crippen molar-refractivity contribution in [1.82, 2.24) is 9.80 Å². The normalized spacial score (nSPS) is 14.1. The fourth-order valence-electron chi connectivity index (χ4n) is 3.39. The molecule has 1 aliphatic heterocycles. The number of methoxy groups -OCH3 is 1. The van der Waals surface area contributed by atoms with Gasteiger partial charge in [0.2, 0.25) is 0 Å². The van der Waals surface area contributed by atoms with Gasteiger partial charge in [0.25, 0.3) is 11.8 Å². The van der Waals surface area contributed by atoms with Crippen LogP contribution in [0.2, 0.25) is 0 Å². The highest BCUT2D eigenvalue weighted by molar-refractivity contribution is 5.98. The number of rotatable bonds is 4. The lowest BCUT2D eigenvalue weighted by molar-refractivity contribution is 0.0534. The molecule has 6 nitrogen and oxygen atoms in total. The SMILES string of the molecule is COC(=O)c1cccc(C(=O)N2CCN(C(=O)c3ccc(C(C)C)cc3)CC2)c1. The number of nitrogens with zero attached hydrogens (tertiary/aromatic N) is 2. The van der Waals surface area contributed by atoms with Crippen LogP contribution in [0.15, 0.2) is 48.5 Å². The van der Waals surface area contributed by atoms with E-state index < -0.39 is 5.97 Å². The summed E-state index contributed by atoms with van der Waals surface area (Å²) < 4.78 is 4.71. The summed E-state index contributed by atoms with van der Waals surface area (Å²) in [6.07, 6.45) is 0. The minimum absolute atomic E-state index is 0.0138. The summed E-state index contributed by atoms with van der Waals surface area (Å²) in [6.45, 7) is 6.11. The lowest BCUT2D eigenvalue weighted by atomic mass is 10.0. The number of carbonyl (C=O) groups is 3. The molecule has 2 aromatic rings. The molecule has 0 atom stereocenters. The summed E-state index contributed by atoms with van der Waals surface area (Å²) >= 11 is 0. The van der Waals surface area contributed by atoms with Gasteiger partial charge in [-0.3, -0.25) is 9.59 Å². The van der Waals surface area contributed by atoms with Crippen LogP contribution in [0, 0.1) is 0 Å². The molecule has 2 aromatic carbocycles. The number of hydrogen-bond acceptors (Lipinski definition) is 4. The van der Waals surface area contributed by atoms with Gasteiger partial charge in [-0.25, -0.2) is 4.79 Å². The number of ether oxygens (including phenoxy) is 1. The summed E-state index contributed by atoms with van der Waals surface area (Å²) in [4.78, 5) is 40.7. The molecular weight excluding hydrogens is 368 g/mol. The Kier molecular flexibility index (Phi) is 6.32. The topological polar surface area (TPSA) is 66.9 Å². The third kappa shape index (κ3) is 4.65. The Morgan fingerprint density at radius 3 is 1.83 bits per heavy atom. The Labute approximate surface area is 171 Å². The summed E-state index contributed by atoms with van der Waals surface area (Å²) in [5.74, 6) is -0.214. The summed E-state index contributed by atoms with van der Waals surface area (Å²) in [7, 11) is 1.31. The van der Waals surface area contributed by atoms with E-state index in [9.17, 15) is 14.4 Å². The summed E-state index contributed by atoms with van der Waals surface area (Å²) in [5.41, 5.74) is 2.65. The Balaban J connectivity index is 1.62. The predicted octanol–water partition coefficient (Wildman–Crippen LogP) is 3.19. The molecule has 0 N–H and O–H groups in total. The molecule has 1 heterocycles. The molecule has 0 bridgehead atoms. The van der Waals surface area contributed by atoms with E-state index in [1.165, 1.54) is 12.7 Å². The van der Waals surface area contributed by atoms with Crippen molar-refractivity contribution < 1.29 is 19.1 Å². The smallest absolute Gasteiger partial charge is 0.337 e. The first-order valence-electron chi connectivity index (χ1n) is 9.77. The van der Waals surface area contributed by atoms with Crippen LogP contribution in [0.25, 0.3) is 0 Å². The molecule has 2 amide bonds. The van der Waals surface area contributed by atoms with Gasteiger partial charge in [0, 0.05) is 37.3 Å². The van der Waals surface area contributed by atoms with Gasteiger partial charge in [-0.15, -0.1) is 0 Å². The molecule has 1 saturated heterocycles. The van der Waals surface area contributed by atoms with E-state index in [2.05, 4.69) is 13.8 Å². The van der Waals surface area contributed by atoms with Gasteiger partial charge >= 0.3 is 5.97 Å². The number of esters is 1. The minimum Gasteiger partial charge on any atom is -0.465 e. The second-order valence-electron chi connectivity index (χ2n) is 7.43. The monoisotopic (exact) mass is 394 g/mol. The molecule has 152 valence electrons. The number of piperazine rings is 1. The Morgan fingerprint density at radius 1 is 0.793 bits per heavy atom. The molecule has 1 fully saturated rings. The first-order valence-corrected chi connectivity index (χ1v) is 9.77. The summed E-state index contributed by atoms with van der Waals surface area (Å²) in [6, 6.07) is 14.2. The van der Waals surface area contributed by atoms with Crippen LogP contribution in [0.4, 0.5) is 0 Å². The number of benzene rings is 2. The average Bonchev–Trinajstić information content (AvgIpc) is 2.77. The van der Waals surface area contributed by atoms with Crippen molar-refractivity contribution in [2.45, 2.75) is 19.8 Å². The van der Waals surface area contributed by atoms with E-state index in [4.69, 9.17) is 4.74 Å². The highest BCUT2D eigenvalue weighted by Gasteiger charge is 2.26. The molecule has 1 aliphatic rings. The van der Waals surface area contributed by atoms with E-state index in [0.717, 1.165) is 0 Å². The third-order valence-corrected chi connectivity index (χ3v) is 5.21. The van der Waals surface area contributed by atoms with Crippen LogP contribution in [-0.2, 0) is 4.74 Å². The number of hydrogen-bond donors (Lipinski definition) is 0. The van der Waals surface area contributed by atoms with E-state index in [1.807, 2.05) is 24.3 Å². The first-order chi connectivity index (χ1) is 13.9. The third-order valence-electron chi connectivity index (χ3n) is 5.21. The van der Waals surface area contributed by atoms with Crippen molar-refractivity contribution >= 4 is 17.8 Å². The lowest BCUT2D eigenvalue weighted by Gasteiger charge is -2.35. The zero-order valence-corrected chi connectivity index (χ0v) is 17.1. The molecule has 0 saturated carbocycles. The van der Waals surface area contributed by atoms with Crippen molar-refractivity contribution in [3.05, 3.63) is 70.8 Å². The molecule has 29 heavy (non-hydrogen) atoms. The standard InChI is InChI=1S/C23H26N2O4/c1-16(2)17-7-9-18(10-8-17)21(26)24-11-13-25(14-12-24)22(27)19-5-4-6-20(15-19)23(28)29-3/h4-10,15-16H,11-14H2,1-3H3. The molecule has 0 radical (unpaired) electrons. The maximum absolute atomic E-state index is 12.8. The van der Waals surface area contributed by atoms with E-state index >= 15 is 0 Å². The highest BCUT2D eigenvalue weighted by atomic mass is 16.5. The predicted molar refractivity (Wildman–Crippen MR) is 110 cm³/mol. The summed E-state index contributed by atoms with van der Waals surface area (Å²) in [5, 5.41) is 0. The van der Waals surface area contributed by atoms with Crippen molar-refractivity contribution in [2.75, 3.05) is 33.3 Å². The lowest BCUT2D eigenvalue weighted by Crippen LogP contribution is -2.50. The fourth-order valence-corrected chi connectivity index (χ4v) is 3.39. The second kappa shape index (κ2) is 8.90. The van der Waals surface area contributed by atoms with E-state index in [1.54, 1.807) is 34.1 Å². The van der Waals surface area contributed by atoms with Crippen LogP contribution in [0.3, 0.4) is 0 Å². The van der Waals surface area contributed by atoms with E-state index in [0.29, 0.717) is 48.8 Å². The molecule has 0 unspecified atom stereocenters. The molecule has 6 heteroatoms. The molecule has 3 rings (SSSR count). The van der Waals surface area contributed by atoms with Crippen LogP contribution in [0.1, 0.15) is 56.4 Å². The van der Waals surface area contributed by atoms with Crippen molar-refractivity contribution in [3.63, 3.8) is 0 Å². The average molecular weight is 394 g/mol. The zero-order chi connectivity index (χ0) is 21.0. The van der Waals surface area contributed by atoms with Gasteiger partial charge in [0.1, 0.15) is 0 Å². The zero-order valence-electron chi connectivity index (χ0n) is 17.1. The fraction of sp³-hybridized carbons (Fsp3) is 0.348.